The Bertz CT molecular complexity index is 537. The Morgan fingerprint density at radius 2 is 2.24 bits per heavy atom. The van der Waals surface area contributed by atoms with Crippen LogP contribution in [0.4, 0.5) is 0 Å². The number of ketones is 1. The third-order valence-corrected chi connectivity index (χ3v) is 2.59. The highest BCUT2D eigenvalue weighted by Gasteiger charge is 2.12. The van der Waals surface area contributed by atoms with Gasteiger partial charge < -0.3 is 4.42 Å². The van der Waals surface area contributed by atoms with E-state index in [4.69, 9.17) is 4.42 Å². The third kappa shape index (κ3) is 2.46. The van der Waals surface area contributed by atoms with Crippen LogP contribution in [0.2, 0.25) is 0 Å². The summed E-state index contributed by atoms with van der Waals surface area (Å²) in [7, 11) is 1.89. The predicted octanol–water partition coefficient (Wildman–Crippen LogP) is 2.37. The Morgan fingerprint density at radius 1 is 1.47 bits per heavy atom. The van der Waals surface area contributed by atoms with E-state index in [9.17, 15) is 4.79 Å². The molecular formula is C13H16N2O2. The molecule has 0 spiro atoms. The predicted molar refractivity (Wildman–Crippen MR) is 64.7 cm³/mol. The second kappa shape index (κ2) is 4.57. The number of hydrogen-bond acceptors (Lipinski definition) is 3. The molecule has 2 heterocycles. The lowest BCUT2D eigenvalue weighted by Crippen LogP contribution is -1.93. The largest absolute Gasteiger partial charge is 0.461 e. The summed E-state index contributed by atoms with van der Waals surface area (Å²) in [5, 5.41) is 4.37. The monoisotopic (exact) mass is 232 g/mol. The van der Waals surface area contributed by atoms with E-state index in [0.717, 1.165) is 23.4 Å². The summed E-state index contributed by atoms with van der Waals surface area (Å²) >= 11 is 0. The van der Waals surface area contributed by atoms with E-state index in [1.807, 2.05) is 25.4 Å². The zero-order chi connectivity index (χ0) is 12.4. The highest BCUT2D eigenvalue weighted by Crippen LogP contribution is 2.25. The van der Waals surface area contributed by atoms with Gasteiger partial charge >= 0.3 is 0 Å². The molecule has 2 aromatic rings. The average Bonchev–Trinajstić information content (AvgIpc) is 2.83. The minimum Gasteiger partial charge on any atom is -0.461 e. The van der Waals surface area contributed by atoms with Crippen molar-refractivity contribution in [3.8, 4) is 11.3 Å². The molecule has 0 aliphatic heterocycles. The molecule has 0 radical (unpaired) electrons. The number of nitrogens with zero attached hydrogens (tertiary/aromatic N) is 2. The third-order valence-electron chi connectivity index (χ3n) is 2.59. The van der Waals surface area contributed by atoms with Crippen LogP contribution in [0.1, 0.15) is 25.3 Å². The van der Waals surface area contributed by atoms with E-state index in [1.54, 1.807) is 11.6 Å². The summed E-state index contributed by atoms with van der Waals surface area (Å²) in [5.41, 5.74) is 2.01. The van der Waals surface area contributed by atoms with Crippen molar-refractivity contribution in [2.75, 3.05) is 0 Å². The van der Waals surface area contributed by atoms with Crippen LogP contribution in [0.3, 0.4) is 0 Å². The molecule has 0 bridgehead atoms. The average molecular weight is 232 g/mol. The van der Waals surface area contributed by atoms with Gasteiger partial charge in [0.1, 0.15) is 17.3 Å². The molecule has 0 amide bonds. The van der Waals surface area contributed by atoms with Gasteiger partial charge in [-0.15, -0.1) is 0 Å². The Hall–Kier alpha value is -1.84. The summed E-state index contributed by atoms with van der Waals surface area (Å²) in [6.07, 6.45) is 3.15. The fourth-order valence-corrected chi connectivity index (χ4v) is 1.86. The Labute approximate surface area is 100 Å². The SMILES string of the molecule is CCc1nn(C)cc1-c1ccc(CC(C)=O)o1. The quantitative estimate of drug-likeness (QED) is 0.813. The van der Waals surface area contributed by atoms with Crippen molar-refractivity contribution in [3.05, 3.63) is 29.8 Å². The van der Waals surface area contributed by atoms with E-state index in [0.29, 0.717) is 12.2 Å². The van der Waals surface area contributed by atoms with Crippen LogP contribution in [0.5, 0.6) is 0 Å². The number of aromatic nitrogens is 2. The first-order chi connectivity index (χ1) is 8.10. The standard InChI is InChI=1S/C13H16N2O2/c1-4-12-11(8-15(3)14-12)13-6-5-10(17-13)7-9(2)16/h5-6,8H,4,7H2,1-3H3. The van der Waals surface area contributed by atoms with Gasteiger partial charge in [0.05, 0.1) is 17.7 Å². The topological polar surface area (TPSA) is 48.0 Å². The van der Waals surface area contributed by atoms with Crippen molar-refractivity contribution < 1.29 is 9.21 Å². The van der Waals surface area contributed by atoms with Crippen molar-refractivity contribution in [3.63, 3.8) is 0 Å². The van der Waals surface area contributed by atoms with Gasteiger partial charge in [-0.1, -0.05) is 6.92 Å². The van der Waals surface area contributed by atoms with Gasteiger partial charge in [0.25, 0.3) is 0 Å². The second-order valence-corrected chi connectivity index (χ2v) is 4.16. The first-order valence-corrected chi connectivity index (χ1v) is 5.71. The number of furan rings is 1. The maximum absolute atomic E-state index is 11.0. The van der Waals surface area contributed by atoms with Gasteiger partial charge in [-0.3, -0.25) is 9.48 Å². The van der Waals surface area contributed by atoms with Crippen LogP contribution in [-0.4, -0.2) is 15.6 Å². The second-order valence-electron chi connectivity index (χ2n) is 4.16. The molecule has 17 heavy (non-hydrogen) atoms. The van der Waals surface area contributed by atoms with Crippen LogP contribution >= 0.6 is 0 Å². The molecule has 2 rings (SSSR count). The summed E-state index contributed by atoms with van der Waals surface area (Å²) < 4.78 is 7.44. The van der Waals surface area contributed by atoms with Gasteiger partial charge in [0.15, 0.2) is 0 Å². The van der Waals surface area contributed by atoms with Gasteiger partial charge in [-0.2, -0.15) is 5.10 Å². The molecule has 0 fully saturated rings. The Morgan fingerprint density at radius 3 is 2.88 bits per heavy atom. The lowest BCUT2D eigenvalue weighted by molar-refractivity contribution is -0.116. The summed E-state index contributed by atoms with van der Waals surface area (Å²) in [5.74, 6) is 1.59. The molecule has 2 aromatic heterocycles. The molecule has 90 valence electrons. The minimum absolute atomic E-state index is 0.104. The molecule has 0 saturated heterocycles. The number of hydrogen-bond donors (Lipinski definition) is 0. The summed E-state index contributed by atoms with van der Waals surface area (Å²) in [6.45, 7) is 3.62. The first kappa shape index (κ1) is 11.6. The van der Waals surface area contributed by atoms with E-state index in [2.05, 4.69) is 12.0 Å². The maximum Gasteiger partial charge on any atom is 0.137 e. The Kier molecular flexibility index (Phi) is 3.13. The lowest BCUT2D eigenvalue weighted by atomic mass is 10.1. The molecule has 4 nitrogen and oxygen atoms in total. The molecule has 0 saturated carbocycles. The zero-order valence-electron chi connectivity index (χ0n) is 10.4. The van der Waals surface area contributed by atoms with Crippen molar-refractivity contribution in [1.82, 2.24) is 9.78 Å². The van der Waals surface area contributed by atoms with E-state index in [-0.39, 0.29) is 5.78 Å². The highest BCUT2D eigenvalue weighted by molar-refractivity contribution is 5.77. The minimum atomic E-state index is 0.104. The summed E-state index contributed by atoms with van der Waals surface area (Å²) in [4.78, 5) is 11.0. The number of Topliss-reactive ketones (excluding diaryl/α,β-unsaturated/α-hetero) is 1. The van der Waals surface area contributed by atoms with Crippen LogP contribution in [-0.2, 0) is 24.7 Å². The van der Waals surface area contributed by atoms with Crippen LogP contribution < -0.4 is 0 Å². The zero-order valence-corrected chi connectivity index (χ0v) is 10.4. The van der Waals surface area contributed by atoms with E-state index in [1.165, 1.54) is 0 Å². The molecule has 4 heteroatoms. The van der Waals surface area contributed by atoms with E-state index >= 15 is 0 Å². The van der Waals surface area contributed by atoms with Gasteiger partial charge in [0.2, 0.25) is 0 Å². The smallest absolute Gasteiger partial charge is 0.137 e. The van der Waals surface area contributed by atoms with Crippen molar-refractivity contribution >= 4 is 5.78 Å². The van der Waals surface area contributed by atoms with E-state index < -0.39 is 0 Å². The molecule has 0 unspecified atom stereocenters. The molecular weight excluding hydrogens is 216 g/mol. The number of rotatable bonds is 4. The fourth-order valence-electron chi connectivity index (χ4n) is 1.86. The van der Waals surface area contributed by atoms with Gasteiger partial charge in [0, 0.05) is 13.2 Å². The Balaban J connectivity index is 2.32. The maximum atomic E-state index is 11.0. The number of carbonyl (C=O) groups is 1. The molecule has 0 aromatic carbocycles. The molecule has 0 aliphatic rings. The number of carbonyl (C=O) groups excluding carboxylic acids is 1. The van der Waals surface area contributed by atoms with Crippen LogP contribution in [0, 0.1) is 0 Å². The van der Waals surface area contributed by atoms with Gasteiger partial charge in [-0.05, 0) is 25.5 Å². The normalized spacial score (nSPS) is 10.8. The van der Waals surface area contributed by atoms with Crippen LogP contribution in [0.25, 0.3) is 11.3 Å². The molecule has 0 N–H and O–H groups in total. The van der Waals surface area contributed by atoms with Crippen LogP contribution in [0.15, 0.2) is 22.7 Å². The first-order valence-electron chi connectivity index (χ1n) is 5.71. The fraction of sp³-hybridized carbons (Fsp3) is 0.385. The van der Waals surface area contributed by atoms with Crippen molar-refractivity contribution in [2.45, 2.75) is 26.7 Å². The van der Waals surface area contributed by atoms with Gasteiger partial charge in [-0.25, -0.2) is 0 Å². The van der Waals surface area contributed by atoms with Crippen molar-refractivity contribution in [1.29, 1.82) is 0 Å². The highest BCUT2D eigenvalue weighted by atomic mass is 16.3. The number of aryl methyl sites for hydroxylation is 2. The lowest BCUT2D eigenvalue weighted by Gasteiger charge is -1.95. The summed E-state index contributed by atoms with van der Waals surface area (Å²) in [6, 6.07) is 3.75. The van der Waals surface area contributed by atoms with Crippen molar-refractivity contribution in [2.24, 2.45) is 7.05 Å². The molecule has 0 aliphatic carbocycles. The molecule has 0 atom stereocenters.